The molecule has 3 N–H and O–H groups in total. The molecule has 5 heteroatoms. The molecular formula is C15H14N2O2S. The summed E-state index contributed by atoms with van der Waals surface area (Å²) in [5, 5.41) is 0.967. The third kappa shape index (κ3) is 2.16. The molecule has 0 bridgehead atoms. The van der Waals surface area contributed by atoms with Crippen LogP contribution in [0.4, 0.5) is 5.69 Å². The van der Waals surface area contributed by atoms with Gasteiger partial charge in [-0.25, -0.2) is 8.42 Å². The number of hydrogen-bond acceptors (Lipinski definition) is 3. The van der Waals surface area contributed by atoms with Crippen LogP contribution < -0.4 is 5.73 Å². The summed E-state index contributed by atoms with van der Waals surface area (Å²) >= 11 is 0. The third-order valence-electron chi connectivity index (χ3n) is 3.33. The van der Waals surface area contributed by atoms with Gasteiger partial charge in [0, 0.05) is 23.4 Å². The summed E-state index contributed by atoms with van der Waals surface area (Å²) in [6.07, 6.45) is 2.97. The van der Waals surface area contributed by atoms with Crippen LogP contribution in [0.25, 0.3) is 22.0 Å². The largest absolute Gasteiger partial charge is 0.397 e. The molecule has 3 rings (SSSR count). The first kappa shape index (κ1) is 12.7. The Kier molecular flexibility index (Phi) is 2.79. The maximum Gasteiger partial charge on any atom is 0.175 e. The molecule has 3 aromatic rings. The molecule has 0 radical (unpaired) electrons. The molecule has 20 heavy (non-hydrogen) atoms. The van der Waals surface area contributed by atoms with E-state index in [9.17, 15) is 8.42 Å². The molecule has 0 atom stereocenters. The van der Waals surface area contributed by atoms with Gasteiger partial charge in [-0.2, -0.15) is 0 Å². The molecule has 0 spiro atoms. The van der Waals surface area contributed by atoms with Gasteiger partial charge in [-0.15, -0.1) is 0 Å². The molecular weight excluding hydrogens is 272 g/mol. The summed E-state index contributed by atoms with van der Waals surface area (Å²) in [4.78, 5) is 3.41. The van der Waals surface area contributed by atoms with Crippen molar-refractivity contribution in [1.82, 2.24) is 4.98 Å². The fourth-order valence-electron chi connectivity index (χ4n) is 2.22. The van der Waals surface area contributed by atoms with Crippen molar-refractivity contribution >= 4 is 26.4 Å². The van der Waals surface area contributed by atoms with Gasteiger partial charge < -0.3 is 10.7 Å². The summed E-state index contributed by atoms with van der Waals surface area (Å²) < 4.78 is 22.9. The van der Waals surface area contributed by atoms with E-state index in [1.165, 1.54) is 6.26 Å². The van der Waals surface area contributed by atoms with Gasteiger partial charge in [-0.3, -0.25) is 0 Å². The Morgan fingerprint density at radius 1 is 1.00 bits per heavy atom. The standard InChI is InChI=1S/C15H14N2O2S/c1-20(18,19)12-5-2-10(3-6-12)11-4-7-15-13(8-11)14(16)9-17-15/h2-9,17H,16H2,1H3. The quantitative estimate of drug-likeness (QED) is 0.760. The molecule has 0 amide bonds. The Bertz CT molecular complexity index is 878. The number of nitrogen functional groups attached to an aromatic ring is 1. The van der Waals surface area contributed by atoms with Crippen molar-refractivity contribution < 1.29 is 8.42 Å². The van der Waals surface area contributed by atoms with Gasteiger partial charge in [0.1, 0.15) is 0 Å². The second kappa shape index (κ2) is 4.38. The van der Waals surface area contributed by atoms with E-state index in [1.807, 2.05) is 18.2 Å². The van der Waals surface area contributed by atoms with Crippen molar-refractivity contribution in [2.45, 2.75) is 4.90 Å². The smallest absolute Gasteiger partial charge is 0.175 e. The van der Waals surface area contributed by atoms with E-state index in [0.717, 1.165) is 22.0 Å². The minimum Gasteiger partial charge on any atom is -0.397 e. The van der Waals surface area contributed by atoms with Crippen LogP contribution in [0.3, 0.4) is 0 Å². The predicted molar refractivity (Wildman–Crippen MR) is 81.3 cm³/mol. The van der Waals surface area contributed by atoms with Gasteiger partial charge in [0.05, 0.1) is 10.6 Å². The second-order valence-electron chi connectivity index (χ2n) is 4.80. The number of nitrogens with two attached hydrogens (primary N) is 1. The lowest BCUT2D eigenvalue weighted by Gasteiger charge is -2.04. The normalized spacial score (nSPS) is 11.8. The van der Waals surface area contributed by atoms with Crippen LogP contribution in [-0.4, -0.2) is 19.7 Å². The SMILES string of the molecule is CS(=O)(=O)c1ccc(-c2ccc3[nH]cc(N)c3c2)cc1. The topological polar surface area (TPSA) is 76.0 Å². The van der Waals surface area contributed by atoms with Crippen LogP contribution >= 0.6 is 0 Å². The van der Waals surface area contributed by atoms with E-state index >= 15 is 0 Å². The van der Waals surface area contributed by atoms with E-state index in [4.69, 9.17) is 5.73 Å². The van der Waals surface area contributed by atoms with Crippen LogP contribution in [-0.2, 0) is 9.84 Å². The highest BCUT2D eigenvalue weighted by Crippen LogP contribution is 2.28. The summed E-state index contributed by atoms with van der Waals surface area (Å²) in [5.41, 5.74) is 9.54. The molecule has 2 aromatic carbocycles. The number of benzene rings is 2. The van der Waals surface area contributed by atoms with Gasteiger partial charge in [0.15, 0.2) is 9.84 Å². The average molecular weight is 286 g/mol. The van der Waals surface area contributed by atoms with Crippen LogP contribution in [0.1, 0.15) is 0 Å². The lowest BCUT2D eigenvalue weighted by molar-refractivity contribution is 0.602. The number of rotatable bonds is 2. The zero-order valence-electron chi connectivity index (χ0n) is 10.9. The van der Waals surface area contributed by atoms with Crippen molar-refractivity contribution in [3.63, 3.8) is 0 Å². The zero-order chi connectivity index (χ0) is 14.3. The van der Waals surface area contributed by atoms with E-state index in [2.05, 4.69) is 4.98 Å². The fourth-order valence-corrected chi connectivity index (χ4v) is 2.85. The van der Waals surface area contributed by atoms with Gasteiger partial charge in [-0.05, 0) is 35.4 Å². The number of fused-ring (bicyclic) bond motifs is 1. The molecule has 4 nitrogen and oxygen atoms in total. The number of aromatic nitrogens is 1. The summed E-state index contributed by atoms with van der Waals surface area (Å²) in [5.74, 6) is 0. The number of anilines is 1. The molecule has 0 aliphatic carbocycles. The Morgan fingerprint density at radius 2 is 1.65 bits per heavy atom. The molecule has 1 heterocycles. The fraction of sp³-hybridized carbons (Fsp3) is 0.0667. The van der Waals surface area contributed by atoms with E-state index in [-0.39, 0.29) is 0 Å². The molecule has 0 saturated carbocycles. The van der Waals surface area contributed by atoms with Crippen LogP contribution in [0.15, 0.2) is 53.6 Å². The van der Waals surface area contributed by atoms with Crippen molar-refractivity contribution in [3.8, 4) is 11.1 Å². The number of aromatic amines is 1. The molecule has 0 unspecified atom stereocenters. The summed E-state index contributed by atoms with van der Waals surface area (Å²) in [6.45, 7) is 0. The lowest BCUT2D eigenvalue weighted by Crippen LogP contribution is -1.96. The lowest BCUT2D eigenvalue weighted by atomic mass is 10.0. The highest BCUT2D eigenvalue weighted by atomic mass is 32.2. The molecule has 0 aliphatic heterocycles. The summed E-state index contributed by atoms with van der Waals surface area (Å²) in [7, 11) is -3.16. The maximum absolute atomic E-state index is 11.4. The second-order valence-corrected chi connectivity index (χ2v) is 6.82. The molecule has 102 valence electrons. The molecule has 0 fully saturated rings. The first-order valence-corrected chi connectivity index (χ1v) is 8.01. The highest BCUT2D eigenvalue weighted by molar-refractivity contribution is 7.90. The van der Waals surface area contributed by atoms with E-state index < -0.39 is 9.84 Å². The Hall–Kier alpha value is -2.27. The first-order valence-electron chi connectivity index (χ1n) is 6.12. The minimum atomic E-state index is -3.16. The van der Waals surface area contributed by atoms with Crippen LogP contribution in [0.5, 0.6) is 0 Å². The van der Waals surface area contributed by atoms with E-state index in [1.54, 1.807) is 30.5 Å². The number of H-pyrrole nitrogens is 1. The monoisotopic (exact) mass is 286 g/mol. The van der Waals surface area contributed by atoms with Crippen molar-refractivity contribution in [2.75, 3.05) is 12.0 Å². The number of hydrogen-bond donors (Lipinski definition) is 2. The van der Waals surface area contributed by atoms with Gasteiger partial charge in [-0.1, -0.05) is 18.2 Å². The number of nitrogens with one attached hydrogen (secondary N) is 1. The zero-order valence-corrected chi connectivity index (χ0v) is 11.7. The molecule has 1 aromatic heterocycles. The predicted octanol–water partition coefficient (Wildman–Crippen LogP) is 2.82. The van der Waals surface area contributed by atoms with Crippen LogP contribution in [0, 0.1) is 0 Å². The van der Waals surface area contributed by atoms with E-state index in [0.29, 0.717) is 10.6 Å². The maximum atomic E-state index is 11.4. The van der Waals surface area contributed by atoms with Gasteiger partial charge in [0.25, 0.3) is 0 Å². The summed E-state index contributed by atoms with van der Waals surface area (Å²) in [6, 6.07) is 12.8. The van der Waals surface area contributed by atoms with Crippen molar-refractivity contribution in [1.29, 1.82) is 0 Å². The number of sulfone groups is 1. The van der Waals surface area contributed by atoms with Gasteiger partial charge in [0.2, 0.25) is 0 Å². The highest BCUT2D eigenvalue weighted by Gasteiger charge is 2.08. The third-order valence-corrected chi connectivity index (χ3v) is 4.46. The van der Waals surface area contributed by atoms with Crippen LogP contribution in [0.2, 0.25) is 0 Å². The Morgan fingerprint density at radius 3 is 2.30 bits per heavy atom. The Balaban J connectivity index is 2.08. The van der Waals surface area contributed by atoms with Crippen molar-refractivity contribution in [2.24, 2.45) is 0 Å². The van der Waals surface area contributed by atoms with Gasteiger partial charge >= 0.3 is 0 Å². The average Bonchev–Trinajstić information content (AvgIpc) is 2.79. The molecule has 0 saturated heterocycles. The Labute approximate surface area is 117 Å². The first-order chi connectivity index (χ1) is 9.45. The molecule has 0 aliphatic rings. The van der Waals surface area contributed by atoms with Crippen molar-refractivity contribution in [3.05, 3.63) is 48.7 Å². The minimum absolute atomic E-state index is 0.323.